The maximum Gasteiger partial charge on any atom is 0.358 e. The summed E-state index contributed by atoms with van der Waals surface area (Å²) < 4.78 is 7.01. The Hall–Kier alpha value is -2.41. The number of anilines is 1. The predicted molar refractivity (Wildman–Crippen MR) is 86.5 cm³/mol. The third-order valence-corrected chi connectivity index (χ3v) is 4.25. The molecule has 0 spiro atoms. The van der Waals surface area contributed by atoms with Crippen molar-refractivity contribution in [2.45, 2.75) is 13.8 Å². The van der Waals surface area contributed by atoms with Gasteiger partial charge in [-0.15, -0.1) is 0 Å². The average molecular weight is 316 g/mol. The molecule has 0 aliphatic carbocycles. The van der Waals surface area contributed by atoms with Gasteiger partial charge in [0.25, 0.3) is 0 Å². The number of esters is 1. The Morgan fingerprint density at radius 3 is 3.00 bits per heavy atom. The Kier molecular flexibility index (Phi) is 3.81. The zero-order valence-corrected chi connectivity index (χ0v) is 13.4. The second-order valence-electron chi connectivity index (χ2n) is 4.76. The number of aryl methyl sites for hydroxylation is 1. The van der Waals surface area contributed by atoms with Gasteiger partial charge in [-0.1, -0.05) is 11.3 Å². The molecular formula is C15H16N4O2S. The van der Waals surface area contributed by atoms with E-state index in [2.05, 4.69) is 15.3 Å². The number of fused-ring (bicyclic) bond motifs is 1. The van der Waals surface area contributed by atoms with Gasteiger partial charge in [0.1, 0.15) is 11.3 Å². The van der Waals surface area contributed by atoms with Crippen molar-refractivity contribution in [2.24, 2.45) is 0 Å². The van der Waals surface area contributed by atoms with E-state index in [9.17, 15) is 4.79 Å². The minimum Gasteiger partial charge on any atom is -0.461 e. The summed E-state index contributed by atoms with van der Waals surface area (Å²) in [5, 5.41) is 3.62. The minimum absolute atomic E-state index is 0.302. The number of nitrogens with one attached hydrogen (secondary N) is 1. The number of carbonyl (C=O) groups excluding carboxylic acids is 1. The summed E-state index contributed by atoms with van der Waals surface area (Å²) >= 11 is 1.39. The zero-order chi connectivity index (χ0) is 15.7. The highest BCUT2D eigenvalue weighted by molar-refractivity contribution is 7.19. The molecule has 0 bridgehead atoms. The summed E-state index contributed by atoms with van der Waals surface area (Å²) in [4.78, 5) is 21.7. The molecule has 0 amide bonds. The van der Waals surface area contributed by atoms with Gasteiger partial charge in [-0.25, -0.2) is 14.8 Å². The Bertz CT molecular complexity index is 837. The highest BCUT2D eigenvalue weighted by Gasteiger charge is 2.22. The van der Waals surface area contributed by atoms with Crippen molar-refractivity contribution in [3.8, 4) is 10.6 Å². The number of nitrogens with zero attached hydrogens (tertiary/aromatic N) is 3. The second-order valence-corrected chi connectivity index (χ2v) is 5.76. The smallest absolute Gasteiger partial charge is 0.358 e. The maximum atomic E-state index is 12.1. The van der Waals surface area contributed by atoms with E-state index in [1.165, 1.54) is 11.3 Å². The van der Waals surface area contributed by atoms with E-state index in [-0.39, 0.29) is 0 Å². The van der Waals surface area contributed by atoms with Crippen LogP contribution in [0, 0.1) is 6.92 Å². The third-order valence-electron chi connectivity index (χ3n) is 3.16. The lowest BCUT2D eigenvalue weighted by molar-refractivity contribution is 0.0521. The van der Waals surface area contributed by atoms with Crippen LogP contribution in [0.3, 0.4) is 0 Å². The average Bonchev–Trinajstić information content (AvgIpc) is 3.10. The Morgan fingerprint density at radius 2 is 2.27 bits per heavy atom. The van der Waals surface area contributed by atoms with Gasteiger partial charge >= 0.3 is 5.97 Å². The molecule has 3 aromatic heterocycles. The van der Waals surface area contributed by atoms with Crippen LogP contribution in [0.2, 0.25) is 0 Å². The molecule has 3 heterocycles. The molecule has 3 aromatic rings. The lowest BCUT2D eigenvalue weighted by Crippen LogP contribution is -2.06. The molecule has 1 N–H and O–H groups in total. The van der Waals surface area contributed by atoms with Crippen LogP contribution in [0.5, 0.6) is 0 Å². The van der Waals surface area contributed by atoms with Gasteiger partial charge in [-0.3, -0.25) is 0 Å². The van der Waals surface area contributed by atoms with Crippen LogP contribution < -0.4 is 5.32 Å². The molecule has 0 aliphatic heterocycles. The number of thiazole rings is 1. The number of carbonyl (C=O) groups is 1. The van der Waals surface area contributed by atoms with Gasteiger partial charge in [-0.05, 0) is 31.5 Å². The van der Waals surface area contributed by atoms with Gasteiger partial charge < -0.3 is 14.5 Å². The fraction of sp³-hybridized carbons (Fsp3) is 0.267. The first-order chi connectivity index (χ1) is 10.6. The monoisotopic (exact) mass is 316 g/mol. The first kappa shape index (κ1) is 14.5. The van der Waals surface area contributed by atoms with E-state index in [1.54, 1.807) is 14.0 Å². The Morgan fingerprint density at radius 1 is 1.45 bits per heavy atom. The summed E-state index contributed by atoms with van der Waals surface area (Å²) in [6.07, 6.45) is 3.84. The van der Waals surface area contributed by atoms with Crippen molar-refractivity contribution >= 4 is 28.1 Å². The van der Waals surface area contributed by atoms with Gasteiger partial charge in [0.2, 0.25) is 0 Å². The fourth-order valence-electron chi connectivity index (χ4n) is 2.13. The molecule has 0 aliphatic rings. The van der Waals surface area contributed by atoms with E-state index < -0.39 is 5.97 Å². The van der Waals surface area contributed by atoms with Crippen molar-refractivity contribution in [1.82, 2.24) is 14.4 Å². The molecule has 0 aromatic carbocycles. The van der Waals surface area contributed by atoms with Crippen molar-refractivity contribution in [1.29, 1.82) is 0 Å². The van der Waals surface area contributed by atoms with E-state index >= 15 is 0 Å². The number of ether oxygens (including phenoxy) is 1. The van der Waals surface area contributed by atoms with Crippen LogP contribution >= 0.6 is 11.3 Å². The van der Waals surface area contributed by atoms with Crippen molar-refractivity contribution in [3.05, 3.63) is 35.8 Å². The van der Waals surface area contributed by atoms with Crippen LogP contribution in [0.1, 0.15) is 23.0 Å². The summed E-state index contributed by atoms with van der Waals surface area (Å²) in [6.45, 7) is 4.11. The van der Waals surface area contributed by atoms with Crippen LogP contribution in [0.4, 0.5) is 5.13 Å². The Labute approximate surface area is 131 Å². The van der Waals surface area contributed by atoms with E-state index in [0.29, 0.717) is 28.0 Å². The molecule has 0 radical (unpaired) electrons. The fourth-order valence-corrected chi connectivity index (χ4v) is 2.99. The third kappa shape index (κ3) is 2.55. The molecule has 3 rings (SSSR count). The normalized spacial score (nSPS) is 10.9. The molecular weight excluding hydrogens is 300 g/mol. The standard InChI is InChI=1S/C15H16N4O2S/c1-4-21-14(20)12-13(22-15(16-3)18-12)10-8-19-6-5-9(2)7-11(19)17-10/h5-8H,4H2,1-3H3,(H,16,18). The number of hydrogen-bond acceptors (Lipinski definition) is 6. The van der Waals surface area contributed by atoms with Crippen LogP contribution in [0.25, 0.3) is 16.2 Å². The number of aromatic nitrogens is 3. The molecule has 6 nitrogen and oxygen atoms in total. The summed E-state index contributed by atoms with van der Waals surface area (Å²) in [7, 11) is 1.77. The van der Waals surface area contributed by atoms with Crippen LogP contribution in [0.15, 0.2) is 24.5 Å². The molecule has 114 valence electrons. The minimum atomic E-state index is -0.427. The lowest BCUT2D eigenvalue weighted by atomic mass is 10.3. The number of hydrogen-bond donors (Lipinski definition) is 1. The second kappa shape index (κ2) is 5.76. The molecule has 0 unspecified atom stereocenters. The van der Waals surface area contributed by atoms with Crippen molar-refractivity contribution in [3.63, 3.8) is 0 Å². The first-order valence-electron chi connectivity index (χ1n) is 6.93. The first-order valence-corrected chi connectivity index (χ1v) is 7.75. The molecule has 0 saturated heterocycles. The Balaban J connectivity index is 2.12. The molecule has 0 saturated carbocycles. The zero-order valence-electron chi connectivity index (χ0n) is 12.6. The number of imidazole rings is 1. The molecule has 22 heavy (non-hydrogen) atoms. The van der Waals surface area contributed by atoms with E-state index in [0.717, 1.165) is 11.2 Å². The molecule has 0 atom stereocenters. The topological polar surface area (TPSA) is 68.5 Å². The summed E-state index contributed by atoms with van der Waals surface area (Å²) in [5.74, 6) is -0.427. The largest absolute Gasteiger partial charge is 0.461 e. The highest BCUT2D eigenvalue weighted by Crippen LogP contribution is 2.33. The van der Waals surface area contributed by atoms with Crippen LogP contribution in [-0.2, 0) is 4.74 Å². The predicted octanol–water partition coefficient (Wildman–Crippen LogP) is 2.98. The van der Waals surface area contributed by atoms with Crippen LogP contribution in [-0.4, -0.2) is 34.0 Å². The van der Waals surface area contributed by atoms with E-state index in [4.69, 9.17) is 4.74 Å². The van der Waals surface area contributed by atoms with Gasteiger partial charge in [0.15, 0.2) is 10.8 Å². The highest BCUT2D eigenvalue weighted by atomic mass is 32.1. The maximum absolute atomic E-state index is 12.1. The summed E-state index contributed by atoms with van der Waals surface area (Å²) in [6, 6.07) is 4.00. The summed E-state index contributed by atoms with van der Waals surface area (Å²) in [5.41, 5.74) is 2.99. The lowest BCUT2D eigenvalue weighted by Gasteiger charge is -1.99. The van der Waals surface area contributed by atoms with Gasteiger partial charge in [-0.2, -0.15) is 0 Å². The molecule has 7 heteroatoms. The van der Waals surface area contributed by atoms with Crippen molar-refractivity contribution in [2.75, 3.05) is 19.0 Å². The SMILES string of the molecule is CCOC(=O)c1nc(NC)sc1-c1cn2ccc(C)cc2n1. The van der Waals surface area contributed by atoms with Gasteiger partial charge in [0, 0.05) is 19.4 Å². The number of rotatable bonds is 4. The van der Waals surface area contributed by atoms with Gasteiger partial charge in [0.05, 0.1) is 11.5 Å². The van der Waals surface area contributed by atoms with E-state index in [1.807, 2.05) is 35.9 Å². The number of pyridine rings is 1. The quantitative estimate of drug-likeness (QED) is 0.749. The van der Waals surface area contributed by atoms with Crippen molar-refractivity contribution < 1.29 is 9.53 Å². The molecule has 0 fully saturated rings.